The van der Waals surface area contributed by atoms with Crippen molar-refractivity contribution in [3.63, 3.8) is 0 Å². The first-order valence-corrected chi connectivity index (χ1v) is 9.16. The molecule has 0 aromatic heterocycles. The van der Waals surface area contributed by atoms with Crippen molar-refractivity contribution in [2.24, 2.45) is 5.92 Å². The summed E-state index contributed by atoms with van der Waals surface area (Å²) in [5, 5.41) is 3.37. The number of carbonyl (C=O) groups is 2. The Morgan fingerprint density at radius 3 is 2.72 bits per heavy atom. The SMILES string of the molecule is Cc1ccc(C)c(N2C[C@H](C(=O)Nc3ccc(Br)c(Cl)c3)CC2=O)c1. The molecule has 130 valence electrons. The van der Waals surface area contributed by atoms with Crippen LogP contribution in [0.4, 0.5) is 11.4 Å². The summed E-state index contributed by atoms with van der Waals surface area (Å²) in [6, 6.07) is 11.2. The van der Waals surface area contributed by atoms with Crippen molar-refractivity contribution in [1.29, 1.82) is 0 Å². The number of aryl methyl sites for hydroxylation is 2. The quantitative estimate of drug-likeness (QED) is 0.780. The molecule has 0 radical (unpaired) electrons. The van der Waals surface area contributed by atoms with E-state index >= 15 is 0 Å². The van der Waals surface area contributed by atoms with Crippen molar-refractivity contribution in [3.05, 3.63) is 57.0 Å². The van der Waals surface area contributed by atoms with Crippen molar-refractivity contribution in [2.75, 3.05) is 16.8 Å². The topological polar surface area (TPSA) is 49.4 Å². The Labute approximate surface area is 160 Å². The van der Waals surface area contributed by atoms with Crippen molar-refractivity contribution < 1.29 is 9.59 Å². The third-order valence-electron chi connectivity index (χ3n) is 4.34. The van der Waals surface area contributed by atoms with Crippen LogP contribution < -0.4 is 10.2 Å². The van der Waals surface area contributed by atoms with Crippen LogP contribution in [0.5, 0.6) is 0 Å². The second-order valence-corrected chi connectivity index (χ2v) is 7.58. The number of amides is 2. The van der Waals surface area contributed by atoms with Gasteiger partial charge < -0.3 is 10.2 Å². The van der Waals surface area contributed by atoms with Crippen molar-refractivity contribution >= 4 is 50.7 Å². The van der Waals surface area contributed by atoms with E-state index in [1.54, 1.807) is 23.1 Å². The number of hydrogen-bond acceptors (Lipinski definition) is 2. The summed E-state index contributed by atoms with van der Waals surface area (Å²) < 4.78 is 0.768. The zero-order chi connectivity index (χ0) is 18.1. The van der Waals surface area contributed by atoms with Crippen LogP contribution in [-0.2, 0) is 9.59 Å². The van der Waals surface area contributed by atoms with E-state index in [9.17, 15) is 9.59 Å². The van der Waals surface area contributed by atoms with E-state index in [-0.39, 0.29) is 24.2 Å². The van der Waals surface area contributed by atoms with Gasteiger partial charge in [0, 0.05) is 28.8 Å². The molecule has 1 fully saturated rings. The highest BCUT2D eigenvalue weighted by Crippen LogP contribution is 2.30. The van der Waals surface area contributed by atoms with E-state index in [1.165, 1.54) is 0 Å². The largest absolute Gasteiger partial charge is 0.326 e. The van der Waals surface area contributed by atoms with Gasteiger partial charge in [-0.3, -0.25) is 9.59 Å². The summed E-state index contributed by atoms with van der Waals surface area (Å²) >= 11 is 9.38. The summed E-state index contributed by atoms with van der Waals surface area (Å²) in [6.07, 6.45) is 0.212. The fraction of sp³-hybridized carbons (Fsp3) is 0.263. The Morgan fingerprint density at radius 1 is 1.24 bits per heavy atom. The summed E-state index contributed by atoms with van der Waals surface area (Å²) in [5.41, 5.74) is 3.62. The molecular formula is C19H18BrClN2O2. The van der Waals surface area contributed by atoms with Crippen LogP contribution in [0, 0.1) is 19.8 Å². The van der Waals surface area contributed by atoms with Gasteiger partial charge in [0.1, 0.15) is 0 Å². The van der Waals surface area contributed by atoms with E-state index in [4.69, 9.17) is 11.6 Å². The molecule has 1 aliphatic rings. The molecule has 4 nitrogen and oxygen atoms in total. The lowest BCUT2D eigenvalue weighted by Gasteiger charge is -2.19. The molecule has 2 amide bonds. The number of hydrogen-bond donors (Lipinski definition) is 1. The average Bonchev–Trinajstić information content (AvgIpc) is 2.95. The Balaban J connectivity index is 1.74. The number of carbonyl (C=O) groups excluding carboxylic acids is 2. The second-order valence-electron chi connectivity index (χ2n) is 6.31. The first-order chi connectivity index (χ1) is 11.8. The minimum absolute atomic E-state index is 0.0253. The number of halogens is 2. The number of nitrogens with zero attached hydrogens (tertiary/aromatic N) is 1. The molecule has 2 aromatic carbocycles. The lowest BCUT2D eigenvalue weighted by molar-refractivity contribution is -0.122. The molecule has 1 saturated heterocycles. The minimum Gasteiger partial charge on any atom is -0.326 e. The van der Waals surface area contributed by atoms with E-state index in [0.717, 1.165) is 21.3 Å². The minimum atomic E-state index is -0.380. The molecule has 2 aromatic rings. The molecule has 0 spiro atoms. The summed E-state index contributed by atoms with van der Waals surface area (Å²) in [7, 11) is 0. The number of anilines is 2. The van der Waals surface area contributed by atoms with Crippen molar-refractivity contribution in [1.82, 2.24) is 0 Å². The highest BCUT2D eigenvalue weighted by atomic mass is 79.9. The fourth-order valence-corrected chi connectivity index (χ4v) is 3.37. The first-order valence-electron chi connectivity index (χ1n) is 7.98. The van der Waals surface area contributed by atoms with Crippen LogP contribution in [0.1, 0.15) is 17.5 Å². The van der Waals surface area contributed by atoms with E-state index in [0.29, 0.717) is 17.3 Å². The zero-order valence-electron chi connectivity index (χ0n) is 14.0. The lowest BCUT2D eigenvalue weighted by atomic mass is 10.1. The third-order valence-corrected chi connectivity index (χ3v) is 5.57. The van der Waals surface area contributed by atoms with Gasteiger partial charge in [0.25, 0.3) is 0 Å². The Morgan fingerprint density at radius 2 is 2.00 bits per heavy atom. The first kappa shape index (κ1) is 18.0. The van der Waals surface area contributed by atoms with Gasteiger partial charge in [-0.25, -0.2) is 0 Å². The van der Waals surface area contributed by atoms with Gasteiger partial charge in [-0.15, -0.1) is 0 Å². The molecule has 1 heterocycles. The maximum Gasteiger partial charge on any atom is 0.229 e. The third kappa shape index (κ3) is 3.88. The standard InChI is InChI=1S/C19H18BrClN2O2/c1-11-3-4-12(2)17(7-11)23-10-13(8-18(23)24)19(25)22-14-5-6-15(20)16(21)9-14/h3-7,9,13H,8,10H2,1-2H3,(H,22,25)/t13-/m1/s1. The summed E-state index contributed by atoms with van der Waals surface area (Å²) in [4.78, 5) is 26.7. The smallest absolute Gasteiger partial charge is 0.229 e. The van der Waals surface area contributed by atoms with Gasteiger partial charge >= 0.3 is 0 Å². The molecule has 1 aliphatic heterocycles. The zero-order valence-corrected chi connectivity index (χ0v) is 16.3. The predicted octanol–water partition coefficient (Wildman–Crippen LogP) is 4.71. The van der Waals surface area contributed by atoms with E-state index < -0.39 is 0 Å². The normalized spacial score (nSPS) is 17.0. The molecule has 0 aliphatic carbocycles. The molecule has 25 heavy (non-hydrogen) atoms. The average molecular weight is 422 g/mol. The van der Waals surface area contributed by atoms with Gasteiger partial charge in [-0.1, -0.05) is 23.7 Å². The Hall–Kier alpha value is -1.85. The van der Waals surface area contributed by atoms with Gasteiger partial charge in [-0.05, 0) is 65.2 Å². The van der Waals surface area contributed by atoms with Crippen molar-refractivity contribution in [3.8, 4) is 0 Å². The predicted molar refractivity (Wildman–Crippen MR) is 104 cm³/mol. The van der Waals surface area contributed by atoms with E-state index in [1.807, 2.05) is 32.0 Å². The van der Waals surface area contributed by atoms with Crippen LogP contribution in [-0.4, -0.2) is 18.4 Å². The van der Waals surface area contributed by atoms with Crippen LogP contribution in [0.2, 0.25) is 5.02 Å². The molecular weight excluding hydrogens is 404 g/mol. The summed E-state index contributed by atoms with van der Waals surface area (Å²) in [6.45, 7) is 4.35. The van der Waals surface area contributed by atoms with Gasteiger partial charge in [0.2, 0.25) is 11.8 Å². The Bertz CT molecular complexity index is 853. The highest BCUT2D eigenvalue weighted by molar-refractivity contribution is 9.10. The monoisotopic (exact) mass is 420 g/mol. The number of nitrogens with one attached hydrogen (secondary N) is 1. The lowest BCUT2D eigenvalue weighted by Crippen LogP contribution is -2.28. The van der Waals surface area contributed by atoms with Crippen LogP contribution in [0.25, 0.3) is 0 Å². The number of rotatable bonds is 3. The molecule has 1 N–H and O–H groups in total. The Kier molecular flexibility index (Phi) is 5.16. The maximum atomic E-state index is 12.5. The molecule has 0 saturated carbocycles. The molecule has 1 atom stereocenters. The highest BCUT2D eigenvalue weighted by Gasteiger charge is 2.35. The van der Waals surface area contributed by atoms with E-state index in [2.05, 4.69) is 21.2 Å². The molecule has 0 bridgehead atoms. The van der Waals surface area contributed by atoms with Crippen LogP contribution in [0.3, 0.4) is 0 Å². The van der Waals surface area contributed by atoms with Gasteiger partial charge in [0.05, 0.1) is 10.9 Å². The van der Waals surface area contributed by atoms with Gasteiger partial charge in [0.15, 0.2) is 0 Å². The maximum absolute atomic E-state index is 12.5. The van der Waals surface area contributed by atoms with Crippen LogP contribution in [0.15, 0.2) is 40.9 Å². The van der Waals surface area contributed by atoms with Gasteiger partial charge in [-0.2, -0.15) is 0 Å². The van der Waals surface area contributed by atoms with Crippen molar-refractivity contribution in [2.45, 2.75) is 20.3 Å². The second kappa shape index (κ2) is 7.18. The molecule has 3 rings (SSSR count). The van der Waals surface area contributed by atoms with Crippen LogP contribution >= 0.6 is 27.5 Å². The number of benzene rings is 2. The molecule has 6 heteroatoms. The molecule has 0 unspecified atom stereocenters. The summed E-state index contributed by atoms with van der Waals surface area (Å²) in [5.74, 6) is -0.572. The fourth-order valence-electron chi connectivity index (χ4n) is 2.94.